The van der Waals surface area contributed by atoms with Gasteiger partial charge in [-0.05, 0) is 55.9 Å². The van der Waals surface area contributed by atoms with Gasteiger partial charge in [0.05, 0.1) is 12.0 Å². The second-order valence-electron chi connectivity index (χ2n) is 6.28. The maximum absolute atomic E-state index is 5.94. The van der Waals surface area contributed by atoms with Crippen LogP contribution in [0.3, 0.4) is 0 Å². The quantitative estimate of drug-likeness (QED) is 0.603. The Labute approximate surface area is 146 Å². The summed E-state index contributed by atoms with van der Waals surface area (Å²) in [7, 11) is 0. The Balaban J connectivity index is 1.35. The van der Waals surface area contributed by atoms with Crippen molar-refractivity contribution >= 4 is 21.6 Å². The molecule has 1 fully saturated rings. The minimum absolute atomic E-state index is 0.754. The van der Waals surface area contributed by atoms with Crippen LogP contribution in [0.1, 0.15) is 25.7 Å². The highest BCUT2D eigenvalue weighted by atomic mass is 32.1. The molecular weight excluding hydrogens is 320 g/mol. The van der Waals surface area contributed by atoms with E-state index >= 15 is 0 Å². The lowest BCUT2D eigenvalue weighted by molar-refractivity contribution is 0.205. The summed E-state index contributed by atoms with van der Waals surface area (Å²) < 4.78 is 11.4. The fraction of sp³-hybridized carbons (Fsp3) is 0.421. The number of ether oxygens (including phenoxy) is 1. The molecule has 0 radical (unpaired) electrons. The van der Waals surface area contributed by atoms with Crippen LogP contribution < -0.4 is 4.74 Å². The van der Waals surface area contributed by atoms with Gasteiger partial charge in [0, 0.05) is 12.1 Å². The molecule has 2 aromatic heterocycles. The molecule has 1 aromatic carbocycles. The molecule has 126 valence electrons. The highest BCUT2D eigenvalue weighted by molar-refractivity contribution is 7.16. The van der Waals surface area contributed by atoms with Crippen LogP contribution in [0.4, 0.5) is 0 Å². The minimum Gasteiger partial charge on any atom is -0.494 e. The molecule has 1 saturated heterocycles. The molecule has 0 bridgehead atoms. The van der Waals surface area contributed by atoms with Crippen molar-refractivity contribution in [2.45, 2.75) is 25.7 Å². The SMILES string of the molecule is c1cc(OCCCN2CCCCC2)cc(-c2onc3sccc23)c1. The number of hydrogen-bond acceptors (Lipinski definition) is 5. The van der Waals surface area contributed by atoms with Crippen LogP contribution in [-0.2, 0) is 0 Å². The molecule has 4 nitrogen and oxygen atoms in total. The first kappa shape index (κ1) is 15.7. The van der Waals surface area contributed by atoms with E-state index < -0.39 is 0 Å². The van der Waals surface area contributed by atoms with Gasteiger partial charge in [-0.25, -0.2) is 0 Å². The molecule has 0 aliphatic carbocycles. The van der Waals surface area contributed by atoms with Gasteiger partial charge in [-0.1, -0.05) is 23.7 Å². The van der Waals surface area contributed by atoms with E-state index in [2.05, 4.69) is 16.1 Å². The maximum atomic E-state index is 5.94. The Bertz CT molecular complexity index is 789. The summed E-state index contributed by atoms with van der Waals surface area (Å²) in [4.78, 5) is 3.49. The number of rotatable bonds is 6. The van der Waals surface area contributed by atoms with Gasteiger partial charge in [0.2, 0.25) is 0 Å². The van der Waals surface area contributed by atoms with Crippen LogP contribution in [0.5, 0.6) is 5.75 Å². The van der Waals surface area contributed by atoms with Crippen molar-refractivity contribution in [3.8, 4) is 17.1 Å². The third kappa shape index (κ3) is 3.47. The first-order valence-electron chi connectivity index (χ1n) is 8.68. The van der Waals surface area contributed by atoms with Gasteiger partial charge in [0.15, 0.2) is 10.6 Å². The third-order valence-electron chi connectivity index (χ3n) is 4.54. The van der Waals surface area contributed by atoms with Gasteiger partial charge in [0.1, 0.15) is 5.75 Å². The highest BCUT2D eigenvalue weighted by Crippen LogP contribution is 2.33. The summed E-state index contributed by atoms with van der Waals surface area (Å²) in [5.74, 6) is 1.72. The average Bonchev–Trinajstić information content (AvgIpc) is 3.23. The molecule has 0 atom stereocenters. The van der Waals surface area contributed by atoms with E-state index in [4.69, 9.17) is 9.26 Å². The summed E-state index contributed by atoms with van der Waals surface area (Å²) in [6, 6.07) is 10.1. The fourth-order valence-electron chi connectivity index (χ4n) is 3.28. The molecule has 0 unspecified atom stereocenters. The third-order valence-corrected chi connectivity index (χ3v) is 5.33. The summed E-state index contributed by atoms with van der Waals surface area (Å²) >= 11 is 1.60. The number of piperidine rings is 1. The lowest BCUT2D eigenvalue weighted by Crippen LogP contribution is -2.31. The fourth-order valence-corrected chi connectivity index (χ4v) is 3.98. The van der Waals surface area contributed by atoms with E-state index in [9.17, 15) is 0 Å². The summed E-state index contributed by atoms with van der Waals surface area (Å²) in [6.07, 6.45) is 5.15. The second-order valence-corrected chi connectivity index (χ2v) is 7.18. The van der Waals surface area contributed by atoms with Crippen LogP contribution in [0, 0.1) is 0 Å². The smallest absolute Gasteiger partial charge is 0.175 e. The molecule has 0 amide bonds. The summed E-state index contributed by atoms with van der Waals surface area (Å²) in [5.41, 5.74) is 1.02. The topological polar surface area (TPSA) is 38.5 Å². The van der Waals surface area contributed by atoms with E-state index in [0.29, 0.717) is 0 Å². The van der Waals surface area contributed by atoms with Crippen LogP contribution in [0.15, 0.2) is 40.2 Å². The van der Waals surface area contributed by atoms with E-state index in [-0.39, 0.29) is 0 Å². The Kier molecular flexibility index (Phi) is 4.81. The number of thiophene rings is 1. The van der Waals surface area contributed by atoms with E-state index in [1.165, 1.54) is 32.4 Å². The van der Waals surface area contributed by atoms with E-state index in [1.807, 2.05) is 29.6 Å². The first-order chi connectivity index (χ1) is 11.9. The van der Waals surface area contributed by atoms with Crippen LogP contribution in [-0.4, -0.2) is 36.3 Å². The van der Waals surface area contributed by atoms with Gasteiger partial charge in [-0.15, -0.1) is 11.3 Å². The van der Waals surface area contributed by atoms with Crippen LogP contribution >= 0.6 is 11.3 Å². The molecule has 3 heterocycles. The van der Waals surface area contributed by atoms with Crippen molar-refractivity contribution in [1.82, 2.24) is 10.1 Å². The lowest BCUT2D eigenvalue weighted by atomic mass is 10.1. The largest absolute Gasteiger partial charge is 0.494 e. The van der Waals surface area contributed by atoms with Gasteiger partial charge < -0.3 is 14.2 Å². The molecule has 5 heteroatoms. The zero-order valence-corrected chi connectivity index (χ0v) is 14.6. The normalized spacial score (nSPS) is 15.8. The molecule has 24 heavy (non-hydrogen) atoms. The maximum Gasteiger partial charge on any atom is 0.175 e. The Morgan fingerprint density at radius 3 is 3.00 bits per heavy atom. The highest BCUT2D eigenvalue weighted by Gasteiger charge is 2.12. The molecule has 0 spiro atoms. The van der Waals surface area contributed by atoms with Crippen LogP contribution in [0.2, 0.25) is 0 Å². The summed E-state index contributed by atoms with van der Waals surface area (Å²) in [6.45, 7) is 4.39. The Morgan fingerprint density at radius 2 is 2.08 bits per heavy atom. The minimum atomic E-state index is 0.754. The van der Waals surface area contributed by atoms with Crippen molar-refractivity contribution < 1.29 is 9.26 Å². The first-order valence-corrected chi connectivity index (χ1v) is 9.56. The molecule has 0 N–H and O–H groups in total. The monoisotopic (exact) mass is 342 g/mol. The number of nitrogens with zero attached hydrogens (tertiary/aromatic N) is 2. The number of fused-ring (bicyclic) bond motifs is 1. The van der Waals surface area contributed by atoms with Crippen molar-refractivity contribution in [1.29, 1.82) is 0 Å². The van der Waals surface area contributed by atoms with Crippen molar-refractivity contribution in [2.75, 3.05) is 26.2 Å². The zero-order valence-electron chi connectivity index (χ0n) is 13.7. The van der Waals surface area contributed by atoms with E-state index in [0.717, 1.165) is 46.9 Å². The van der Waals surface area contributed by atoms with Crippen molar-refractivity contribution in [3.05, 3.63) is 35.7 Å². The van der Waals surface area contributed by atoms with Crippen molar-refractivity contribution in [3.63, 3.8) is 0 Å². The number of hydrogen-bond donors (Lipinski definition) is 0. The van der Waals surface area contributed by atoms with Gasteiger partial charge in [-0.2, -0.15) is 0 Å². The predicted molar refractivity (Wildman–Crippen MR) is 97.7 cm³/mol. The van der Waals surface area contributed by atoms with Gasteiger partial charge in [0.25, 0.3) is 0 Å². The average molecular weight is 342 g/mol. The Morgan fingerprint density at radius 1 is 1.17 bits per heavy atom. The molecule has 3 aromatic rings. The number of likely N-dealkylation sites (tertiary alicyclic amines) is 1. The number of aromatic nitrogens is 1. The van der Waals surface area contributed by atoms with Crippen molar-refractivity contribution in [2.24, 2.45) is 0 Å². The molecule has 4 rings (SSSR count). The van der Waals surface area contributed by atoms with E-state index in [1.54, 1.807) is 11.3 Å². The standard InChI is InChI=1S/C19H22N2O2S/c1-2-9-21(10-3-1)11-5-12-22-16-7-4-6-15(14-16)18-17-8-13-24-19(17)20-23-18/h4,6-8,13-14H,1-3,5,9-12H2. The van der Waals surface area contributed by atoms with Gasteiger partial charge >= 0.3 is 0 Å². The molecule has 0 saturated carbocycles. The summed E-state index contributed by atoms with van der Waals surface area (Å²) in [5, 5.41) is 7.22. The molecule has 1 aliphatic heterocycles. The predicted octanol–water partition coefficient (Wildman–Crippen LogP) is 4.81. The molecule has 1 aliphatic rings. The van der Waals surface area contributed by atoms with Gasteiger partial charge in [-0.3, -0.25) is 0 Å². The second kappa shape index (κ2) is 7.36. The Hall–Kier alpha value is -1.85. The number of benzene rings is 1. The van der Waals surface area contributed by atoms with Crippen LogP contribution in [0.25, 0.3) is 21.5 Å². The zero-order chi connectivity index (χ0) is 16.2. The molecular formula is C19H22N2O2S. The lowest BCUT2D eigenvalue weighted by Gasteiger charge is -2.26.